The van der Waals surface area contributed by atoms with Gasteiger partial charge in [-0.1, -0.05) is 18.2 Å². The number of aromatic amines is 1. The number of nitrogens with one attached hydrogen (secondary N) is 2. The lowest BCUT2D eigenvalue weighted by atomic mass is 10.0. The molecule has 0 aliphatic carbocycles. The molecule has 2 N–H and O–H groups in total. The highest BCUT2D eigenvalue weighted by Crippen LogP contribution is 2.27. The monoisotopic (exact) mass is 367 g/mol. The number of hydrogen-bond acceptors (Lipinski definition) is 2. The fraction of sp³-hybridized carbons (Fsp3) is 0. The molecule has 0 fully saturated rings. The van der Waals surface area contributed by atoms with Gasteiger partial charge < -0.3 is 5.32 Å². The van der Waals surface area contributed by atoms with E-state index in [1.165, 1.54) is 12.1 Å². The number of benzene rings is 3. The van der Waals surface area contributed by atoms with Crippen LogP contribution < -0.4 is 5.32 Å². The van der Waals surface area contributed by atoms with Crippen LogP contribution in [0.5, 0.6) is 0 Å². The number of amides is 1. The average molecular weight is 367 g/mol. The standard InChI is InChI=1S/C20H12F3N3O/c21-13-4-1-11(2-5-13)12-3-7-16-18(9-12)25-26-19(16)24-20(27)15-8-6-14(22)10-17(15)23/h1-10H,(H2,24,25,26,27). The number of nitrogens with zero attached hydrogens (tertiary/aromatic N) is 1. The Morgan fingerprint density at radius 1 is 0.852 bits per heavy atom. The van der Waals surface area contributed by atoms with Gasteiger partial charge in [0.25, 0.3) is 5.91 Å². The summed E-state index contributed by atoms with van der Waals surface area (Å²) in [5, 5.41) is 9.98. The van der Waals surface area contributed by atoms with Crippen molar-refractivity contribution in [2.75, 3.05) is 5.32 Å². The van der Waals surface area contributed by atoms with E-state index in [-0.39, 0.29) is 17.2 Å². The van der Waals surface area contributed by atoms with E-state index >= 15 is 0 Å². The van der Waals surface area contributed by atoms with Gasteiger partial charge in [-0.2, -0.15) is 5.10 Å². The lowest BCUT2D eigenvalue weighted by Gasteiger charge is -2.05. The zero-order chi connectivity index (χ0) is 19.0. The average Bonchev–Trinajstić information content (AvgIpc) is 3.04. The summed E-state index contributed by atoms with van der Waals surface area (Å²) >= 11 is 0. The van der Waals surface area contributed by atoms with Crippen molar-refractivity contribution in [2.45, 2.75) is 0 Å². The topological polar surface area (TPSA) is 57.8 Å². The maximum absolute atomic E-state index is 13.8. The van der Waals surface area contributed by atoms with Gasteiger partial charge in [0.2, 0.25) is 0 Å². The third-order valence-corrected chi connectivity index (χ3v) is 4.15. The smallest absolute Gasteiger partial charge is 0.259 e. The fourth-order valence-electron chi connectivity index (χ4n) is 2.79. The highest BCUT2D eigenvalue weighted by Gasteiger charge is 2.16. The SMILES string of the molecule is O=C(Nc1n[nH]c2cc(-c3ccc(F)cc3)ccc12)c1ccc(F)cc1F. The van der Waals surface area contributed by atoms with E-state index in [0.29, 0.717) is 17.0 Å². The van der Waals surface area contributed by atoms with Crippen LogP contribution in [0.15, 0.2) is 60.7 Å². The molecule has 3 aromatic carbocycles. The molecule has 0 radical (unpaired) electrons. The predicted molar refractivity (Wildman–Crippen MR) is 95.8 cm³/mol. The number of halogens is 3. The minimum Gasteiger partial charge on any atom is -0.304 e. The number of hydrogen-bond donors (Lipinski definition) is 2. The summed E-state index contributed by atoms with van der Waals surface area (Å²) in [5.74, 6) is -2.54. The highest BCUT2D eigenvalue weighted by atomic mass is 19.1. The number of rotatable bonds is 3. The van der Waals surface area contributed by atoms with Crippen LogP contribution >= 0.6 is 0 Å². The van der Waals surface area contributed by atoms with Gasteiger partial charge in [0, 0.05) is 11.5 Å². The Kier molecular flexibility index (Phi) is 4.12. The Hall–Kier alpha value is -3.61. The quantitative estimate of drug-likeness (QED) is 0.541. The Morgan fingerprint density at radius 3 is 2.30 bits per heavy atom. The minimum absolute atomic E-state index is 0.226. The van der Waals surface area contributed by atoms with Gasteiger partial charge in [-0.25, -0.2) is 13.2 Å². The van der Waals surface area contributed by atoms with Crippen LogP contribution in [-0.2, 0) is 0 Å². The molecule has 0 aliphatic heterocycles. The van der Waals surface area contributed by atoms with Crippen molar-refractivity contribution in [3.8, 4) is 11.1 Å². The molecule has 4 rings (SSSR count). The molecule has 134 valence electrons. The van der Waals surface area contributed by atoms with Gasteiger partial charge in [0.05, 0.1) is 11.1 Å². The van der Waals surface area contributed by atoms with Crippen molar-refractivity contribution < 1.29 is 18.0 Å². The lowest BCUT2D eigenvalue weighted by Crippen LogP contribution is -2.14. The molecule has 7 heteroatoms. The largest absolute Gasteiger partial charge is 0.304 e. The number of anilines is 1. The lowest BCUT2D eigenvalue weighted by molar-refractivity contribution is 0.102. The molecular formula is C20H12F3N3O. The van der Waals surface area contributed by atoms with E-state index in [0.717, 1.165) is 23.3 Å². The molecule has 4 nitrogen and oxygen atoms in total. The molecule has 0 aliphatic rings. The van der Waals surface area contributed by atoms with Crippen LogP contribution in [0.25, 0.3) is 22.0 Å². The van der Waals surface area contributed by atoms with Crippen molar-refractivity contribution in [3.63, 3.8) is 0 Å². The van der Waals surface area contributed by atoms with Crippen LogP contribution in [0, 0.1) is 17.5 Å². The summed E-state index contributed by atoms with van der Waals surface area (Å²) in [6.45, 7) is 0. The molecule has 1 amide bonds. The van der Waals surface area contributed by atoms with Crippen molar-refractivity contribution in [1.82, 2.24) is 10.2 Å². The zero-order valence-electron chi connectivity index (χ0n) is 13.8. The Labute approximate surface area is 151 Å². The first kappa shape index (κ1) is 16.8. The minimum atomic E-state index is -0.953. The van der Waals surface area contributed by atoms with E-state index in [1.807, 2.05) is 6.07 Å². The number of H-pyrrole nitrogens is 1. The molecule has 0 unspecified atom stereocenters. The summed E-state index contributed by atoms with van der Waals surface area (Å²) in [7, 11) is 0. The fourth-order valence-corrected chi connectivity index (χ4v) is 2.79. The van der Waals surface area contributed by atoms with Gasteiger partial charge in [-0.3, -0.25) is 9.89 Å². The van der Waals surface area contributed by atoms with Gasteiger partial charge in [0.15, 0.2) is 5.82 Å². The number of aromatic nitrogens is 2. The Bertz CT molecular complexity index is 1150. The summed E-state index contributed by atoms with van der Waals surface area (Å²) < 4.78 is 39.8. The number of carbonyl (C=O) groups excluding carboxylic acids is 1. The molecule has 0 saturated carbocycles. The van der Waals surface area contributed by atoms with Gasteiger partial charge in [-0.15, -0.1) is 0 Å². The van der Waals surface area contributed by atoms with E-state index in [4.69, 9.17) is 0 Å². The van der Waals surface area contributed by atoms with E-state index < -0.39 is 17.5 Å². The van der Waals surface area contributed by atoms with E-state index in [9.17, 15) is 18.0 Å². The Balaban J connectivity index is 1.63. The maximum Gasteiger partial charge on any atom is 0.259 e. The second-order valence-corrected chi connectivity index (χ2v) is 5.92. The second kappa shape index (κ2) is 6.60. The summed E-state index contributed by atoms with van der Waals surface area (Å²) in [6, 6.07) is 14.1. The van der Waals surface area contributed by atoms with Crippen molar-refractivity contribution in [1.29, 1.82) is 0 Å². The molecule has 0 spiro atoms. The van der Waals surface area contributed by atoms with Crippen LogP contribution in [0.1, 0.15) is 10.4 Å². The molecule has 27 heavy (non-hydrogen) atoms. The van der Waals surface area contributed by atoms with Crippen LogP contribution in [0.3, 0.4) is 0 Å². The molecule has 1 heterocycles. The second-order valence-electron chi connectivity index (χ2n) is 5.92. The van der Waals surface area contributed by atoms with Gasteiger partial charge in [-0.05, 0) is 47.5 Å². The molecular weight excluding hydrogens is 355 g/mol. The molecule has 4 aromatic rings. The van der Waals surface area contributed by atoms with E-state index in [1.54, 1.807) is 24.3 Å². The third kappa shape index (κ3) is 3.27. The Morgan fingerprint density at radius 2 is 1.56 bits per heavy atom. The molecule has 0 bridgehead atoms. The van der Waals surface area contributed by atoms with Crippen LogP contribution in [-0.4, -0.2) is 16.1 Å². The molecule has 0 atom stereocenters. The van der Waals surface area contributed by atoms with Crippen LogP contribution in [0.4, 0.5) is 19.0 Å². The van der Waals surface area contributed by atoms with E-state index in [2.05, 4.69) is 15.5 Å². The van der Waals surface area contributed by atoms with Crippen molar-refractivity contribution in [3.05, 3.63) is 83.7 Å². The maximum atomic E-state index is 13.8. The van der Waals surface area contributed by atoms with Crippen LogP contribution in [0.2, 0.25) is 0 Å². The summed E-state index contributed by atoms with van der Waals surface area (Å²) in [6.07, 6.45) is 0. The molecule has 1 aromatic heterocycles. The first-order chi connectivity index (χ1) is 13.0. The number of fused-ring (bicyclic) bond motifs is 1. The summed E-state index contributed by atoms with van der Waals surface area (Å²) in [5.41, 5.74) is 2.03. The van der Waals surface area contributed by atoms with Gasteiger partial charge >= 0.3 is 0 Å². The number of carbonyl (C=O) groups is 1. The third-order valence-electron chi connectivity index (χ3n) is 4.15. The first-order valence-electron chi connectivity index (χ1n) is 8.02. The normalized spacial score (nSPS) is 10.9. The zero-order valence-corrected chi connectivity index (χ0v) is 13.8. The highest BCUT2D eigenvalue weighted by molar-refractivity contribution is 6.08. The van der Waals surface area contributed by atoms with Crippen molar-refractivity contribution >= 4 is 22.6 Å². The van der Waals surface area contributed by atoms with Gasteiger partial charge in [0.1, 0.15) is 17.5 Å². The summed E-state index contributed by atoms with van der Waals surface area (Å²) in [4.78, 5) is 12.2. The van der Waals surface area contributed by atoms with Crippen molar-refractivity contribution in [2.24, 2.45) is 0 Å². The first-order valence-corrected chi connectivity index (χ1v) is 8.02. The molecule has 0 saturated heterocycles. The predicted octanol–water partition coefficient (Wildman–Crippen LogP) is 4.90.